The monoisotopic (exact) mass is 1710 g/mol. The number of methoxy groups -OCH3 is 1. The summed E-state index contributed by atoms with van der Waals surface area (Å²) < 4.78 is 9.97. The number of esters is 1. The number of azo groups is 4. The molecule has 0 unspecified atom stereocenters. The maximum atomic E-state index is 12.4. The van der Waals surface area contributed by atoms with E-state index in [1.165, 1.54) is 74.5 Å². The number of phenols is 4. The fourth-order valence-electron chi connectivity index (χ4n) is 12.5. The number of nitrogens with zero attached hydrogens (tertiary/aromatic N) is 20. The molecule has 4 aliphatic rings. The van der Waals surface area contributed by atoms with Crippen molar-refractivity contribution in [3.05, 3.63) is 220 Å². The van der Waals surface area contributed by atoms with Gasteiger partial charge in [0.25, 0.3) is 22.7 Å². The standard InChI is InChI=1S/C20H19N5O8.C20H17N5O5.C19H17N5O7.C18H17N5O7/c1-2-33-20(28)6-8-23-7-5-18(26)13-10-15(19(27)11-16(13)23)22-21-14-4-3-12(24(29)30)9-17(14)25(31)32;1-12(26)4-6-24-7-5-19(27)15-9-17(20(28)10-18(15)24)23-22-16-3-2-14(25(29)30)8-13(16)11-21;1-11(25)4-6-22-7-5-18(26)13-9-15(19(27)10-16(13)22)21-20-14-3-2-12(23(28)29)8-17(14)24(30)31;1-30-7-6-21-5-4-17(24)12-9-14(18(25)10-15(12)21)20-19-13-3-2-11(22(26)27)8-16(13)23(28)29/h3-4,9-11,27H,2,5-8H2,1H3;2-3,8-10,28H,4-7H2,1H3;2-3,8-10,27H,4-7H2,1H3;2-3,8-10,25H,4-7H2,1H3. The lowest BCUT2D eigenvalue weighted by atomic mass is 9.99. The smallest absolute Gasteiger partial charge is 0.307 e. The number of hydrogen-bond donors (Lipinski definition) is 4. The Morgan fingerprint density at radius 2 is 0.653 bits per heavy atom. The number of nitro groups is 7. The van der Waals surface area contributed by atoms with Crippen molar-refractivity contribution in [3.8, 4) is 29.1 Å². The summed E-state index contributed by atoms with van der Waals surface area (Å²) in [6, 6.07) is 24.9. The van der Waals surface area contributed by atoms with Crippen LogP contribution in [0.15, 0.2) is 162 Å². The molecule has 640 valence electrons. The van der Waals surface area contributed by atoms with E-state index in [1.54, 1.807) is 18.9 Å². The second-order valence-electron chi connectivity index (χ2n) is 27.0. The maximum absolute atomic E-state index is 12.4. The number of aromatic hydroxyl groups is 4. The van der Waals surface area contributed by atoms with E-state index in [1.807, 2.05) is 20.8 Å². The summed E-state index contributed by atoms with van der Waals surface area (Å²) in [6.07, 6.45) is 1.68. The van der Waals surface area contributed by atoms with Gasteiger partial charge in [-0.25, -0.2) is 0 Å². The molecule has 0 fully saturated rings. The molecule has 0 atom stereocenters. The van der Waals surface area contributed by atoms with Crippen LogP contribution in [-0.4, -0.2) is 168 Å². The zero-order valence-corrected chi connectivity index (χ0v) is 65.7. The van der Waals surface area contributed by atoms with Gasteiger partial charge in [-0.15, -0.1) is 40.9 Å². The number of hydrogen-bond acceptors (Lipinski definition) is 40. The van der Waals surface area contributed by atoms with Crippen LogP contribution in [0.25, 0.3) is 0 Å². The Morgan fingerprint density at radius 3 is 0.919 bits per heavy atom. The number of nitriles is 1. The van der Waals surface area contributed by atoms with E-state index in [2.05, 4.69) is 40.9 Å². The van der Waals surface area contributed by atoms with Gasteiger partial charge in [-0.2, -0.15) is 5.26 Å². The third-order valence-electron chi connectivity index (χ3n) is 18.8. The number of ketones is 6. The average Bonchev–Trinajstić information content (AvgIpc) is 0.794. The van der Waals surface area contributed by atoms with Gasteiger partial charge >= 0.3 is 23.0 Å². The Labute approximate surface area is 697 Å². The fourth-order valence-corrected chi connectivity index (χ4v) is 12.5. The largest absolute Gasteiger partial charge is 0.506 e. The first kappa shape index (κ1) is 91.2. The lowest BCUT2D eigenvalue weighted by Crippen LogP contribution is -2.34. The highest BCUT2D eigenvalue weighted by Crippen LogP contribution is 2.45. The van der Waals surface area contributed by atoms with E-state index in [4.69, 9.17) is 9.47 Å². The molecule has 4 heterocycles. The molecule has 0 amide bonds. The highest BCUT2D eigenvalue weighted by Gasteiger charge is 2.32. The predicted octanol–water partition coefficient (Wildman–Crippen LogP) is 15.6. The van der Waals surface area contributed by atoms with Gasteiger partial charge in [0, 0.05) is 175 Å². The molecule has 8 aromatic rings. The molecule has 8 aromatic carbocycles. The Morgan fingerprint density at radius 1 is 0.387 bits per heavy atom. The zero-order chi connectivity index (χ0) is 90.5. The van der Waals surface area contributed by atoms with Crippen LogP contribution in [0.2, 0.25) is 0 Å². The molecule has 0 bridgehead atoms. The first-order valence-electron chi connectivity index (χ1n) is 36.9. The normalized spacial score (nSPS) is 13.3. The molecular weight excluding hydrogens is 1640 g/mol. The topological polar surface area (TPSA) is 656 Å². The van der Waals surface area contributed by atoms with Gasteiger partial charge in [0.2, 0.25) is 0 Å². The first-order valence-corrected chi connectivity index (χ1v) is 36.9. The van der Waals surface area contributed by atoms with Crippen LogP contribution in [0.1, 0.15) is 113 Å². The SMILES string of the molecule is CC(=O)CCN1CCC(=O)c2cc(N=Nc3ccc([N+](=O)[O-])cc3C#N)c(O)cc21.CC(=O)CCN1CCC(=O)c2cc(N=Nc3ccc([N+](=O)[O-])cc3[N+](=O)[O-])c(O)cc21.CCOC(=O)CCN1CCC(=O)c2cc(N=Nc3ccc([N+](=O)[O-])cc3[N+](=O)[O-])c(O)cc21.COCCN1CCC(=O)c2cc(N=Nc3ccc([N+](=O)[O-])cc3[N+](=O)[O-])c(O)cc21. The second kappa shape index (κ2) is 41.1. The van der Waals surface area contributed by atoms with E-state index < -0.39 is 68.6 Å². The predicted molar refractivity (Wildman–Crippen MR) is 435 cm³/mol. The van der Waals surface area contributed by atoms with E-state index in [0.717, 1.165) is 60.7 Å². The summed E-state index contributed by atoms with van der Waals surface area (Å²) in [5.74, 6) is -2.10. The van der Waals surface area contributed by atoms with E-state index >= 15 is 0 Å². The van der Waals surface area contributed by atoms with Gasteiger partial charge in [-0.3, -0.25) is 104 Å². The molecule has 0 radical (unpaired) electrons. The highest BCUT2D eigenvalue weighted by atomic mass is 16.7. The summed E-state index contributed by atoms with van der Waals surface area (Å²) in [4.78, 5) is 163. The minimum atomic E-state index is -0.834. The summed E-state index contributed by atoms with van der Waals surface area (Å²) >= 11 is 0. The van der Waals surface area contributed by atoms with Crippen LogP contribution in [0, 0.1) is 82.1 Å². The molecule has 47 heteroatoms. The van der Waals surface area contributed by atoms with Crippen LogP contribution < -0.4 is 19.6 Å². The molecule has 4 N–H and O–H groups in total. The quantitative estimate of drug-likeness (QED) is 0.0153. The molecule has 0 saturated heterocycles. The number of carbonyl (C=O) groups excluding carboxylic acids is 7. The number of rotatable bonds is 28. The number of ether oxygens (including phenoxy) is 2. The van der Waals surface area contributed by atoms with Crippen molar-refractivity contribution < 1.29 is 97.9 Å². The van der Waals surface area contributed by atoms with E-state index in [0.29, 0.717) is 105 Å². The number of benzene rings is 8. The van der Waals surface area contributed by atoms with Crippen LogP contribution in [0.3, 0.4) is 0 Å². The molecule has 0 spiro atoms. The molecular formula is C77H70N20O27. The molecule has 124 heavy (non-hydrogen) atoms. The summed E-state index contributed by atoms with van der Waals surface area (Å²) in [5.41, 5.74) is -1.22. The number of phenolic OH excluding ortho intramolecular Hbond substituents is 4. The molecule has 4 aliphatic heterocycles. The number of fused-ring (bicyclic) bond motifs is 4. The number of anilines is 4. The van der Waals surface area contributed by atoms with Crippen molar-refractivity contribution in [2.75, 3.05) is 92.3 Å². The van der Waals surface area contributed by atoms with Crippen molar-refractivity contribution in [1.82, 2.24) is 0 Å². The number of Topliss-reactive ketones (excluding diaryl/α,β-unsaturated/α-hetero) is 6. The summed E-state index contributed by atoms with van der Waals surface area (Å²) in [6.45, 7) is 8.73. The molecule has 0 aliphatic carbocycles. The fraction of sp³-hybridized carbons (Fsp3) is 0.273. The Hall–Kier alpha value is -16.7. The van der Waals surface area contributed by atoms with Gasteiger partial charge in [-0.05, 0) is 69.3 Å². The van der Waals surface area contributed by atoms with Gasteiger partial charge in [0.15, 0.2) is 40.2 Å². The third kappa shape index (κ3) is 23.0. The van der Waals surface area contributed by atoms with Gasteiger partial charge in [-0.1, -0.05) is 0 Å². The van der Waals surface area contributed by atoms with Gasteiger partial charge in [0.1, 0.15) is 69.1 Å². The highest BCUT2D eigenvalue weighted by molar-refractivity contribution is 6.07. The Balaban J connectivity index is 0.000000187. The van der Waals surface area contributed by atoms with Crippen LogP contribution in [-0.2, 0) is 23.9 Å². The maximum Gasteiger partial charge on any atom is 0.307 e. The molecule has 0 saturated carbocycles. The number of nitro benzene ring substituents is 7. The minimum Gasteiger partial charge on any atom is -0.506 e. The lowest BCUT2D eigenvalue weighted by molar-refractivity contribution is -0.394. The Bertz CT molecular complexity index is 5870. The van der Waals surface area contributed by atoms with E-state index in [-0.39, 0.29) is 171 Å². The van der Waals surface area contributed by atoms with Crippen molar-refractivity contribution in [2.24, 2.45) is 40.9 Å². The van der Waals surface area contributed by atoms with Crippen LogP contribution >= 0.6 is 0 Å². The van der Waals surface area contributed by atoms with E-state index in [9.17, 15) is 130 Å². The van der Waals surface area contributed by atoms with Gasteiger partial charge < -0.3 is 49.5 Å². The molecule has 12 rings (SSSR count). The molecule has 0 aromatic heterocycles. The third-order valence-corrected chi connectivity index (χ3v) is 18.8. The van der Waals surface area contributed by atoms with Crippen molar-refractivity contribution in [2.45, 2.75) is 65.7 Å². The first-order chi connectivity index (χ1) is 59.0. The van der Waals surface area contributed by atoms with Crippen molar-refractivity contribution >= 4 is 149 Å². The zero-order valence-electron chi connectivity index (χ0n) is 65.7. The van der Waals surface area contributed by atoms with Gasteiger partial charge in [0.05, 0.1) is 101 Å². The van der Waals surface area contributed by atoms with Crippen molar-refractivity contribution in [1.29, 1.82) is 5.26 Å². The summed E-state index contributed by atoms with van der Waals surface area (Å²) in [5, 5.41) is 158. The second-order valence-corrected chi connectivity index (χ2v) is 27.0. The van der Waals surface area contributed by atoms with Crippen LogP contribution in [0.5, 0.6) is 23.0 Å². The minimum absolute atomic E-state index is 0.00205. The lowest BCUT2D eigenvalue weighted by Gasteiger charge is -2.30. The summed E-state index contributed by atoms with van der Waals surface area (Å²) in [7, 11) is 1.56. The number of non-ortho nitro benzene ring substituents is 4. The number of carbonyl (C=O) groups is 7. The average molecular weight is 1710 g/mol. The van der Waals surface area contributed by atoms with Crippen LogP contribution in [0.4, 0.5) is 108 Å². The van der Waals surface area contributed by atoms with Crippen molar-refractivity contribution in [3.63, 3.8) is 0 Å². The Kier molecular flexibility index (Phi) is 30.2. The molecule has 47 nitrogen and oxygen atoms in total.